The molecule has 0 atom stereocenters. The highest BCUT2D eigenvalue weighted by Gasteiger charge is 2.32. The fourth-order valence-electron chi connectivity index (χ4n) is 3.75. The van der Waals surface area contributed by atoms with E-state index in [4.69, 9.17) is 4.74 Å². The van der Waals surface area contributed by atoms with Crippen LogP contribution in [-0.2, 0) is 29.5 Å². The van der Waals surface area contributed by atoms with Gasteiger partial charge in [-0.3, -0.25) is 9.48 Å². The first-order valence-electron chi connectivity index (χ1n) is 8.62. The van der Waals surface area contributed by atoms with Crippen molar-refractivity contribution in [1.29, 1.82) is 0 Å². The molecule has 1 aromatic rings. The third-order valence-electron chi connectivity index (χ3n) is 4.98. The van der Waals surface area contributed by atoms with Crippen molar-refractivity contribution in [3.8, 4) is 0 Å². The van der Waals surface area contributed by atoms with Gasteiger partial charge in [-0.25, -0.2) is 4.79 Å². The minimum absolute atomic E-state index is 0.160. The summed E-state index contributed by atoms with van der Waals surface area (Å²) in [5.74, 6) is 0.0124. The van der Waals surface area contributed by atoms with Gasteiger partial charge in [0.15, 0.2) is 5.69 Å². The fraction of sp³-hybridized carbons (Fsp3) is 0.706. The number of hydrogen-bond donors (Lipinski definition) is 0. The Morgan fingerprint density at radius 1 is 1.26 bits per heavy atom. The average molecular weight is 319 g/mol. The SMILES string of the molecule is CCOC(=O)c1nn(C)c2c1CN(C(=O)C1CCCCC1)CC2. The van der Waals surface area contributed by atoms with E-state index in [0.29, 0.717) is 25.4 Å². The van der Waals surface area contributed by atoms with Crippen LogP contribution >= 0.6 is 0 Å². The van der Waals surface area contributed by atoms with Gasteiger partial charge in [0, 0.05) is 43.7 Å². The molecule has 0 aromatic carbocycles. The van der Waals surface area contributed by atoms with Crippen molar-refractivity contribution >= 4 is 11.9 Å². The van der Waals surface area contributed by atoms with Crippen LogP contribution in [0.5, 0.6) is 0 Å². The summed E-state index contributed by atoms with van der Waals surface area (Å²) >= 11 is 0. The Bertz CT molecular complexity index is 602. The van der Waals surface area contributed by atoms with Crippen molar-refractivity contribution in [2.45, 2.75) is 52.0 Å². The van der Waals surface area contributed by atoms with Gasteiger partial charge >= 0.3 is 5.97 Å². The maximum atomic E-state index is 12.8. The molecule has 2 heterocycles. The summed E-state index contributed by atoms with van der Waals surface area (Å²) in [4.78, 5) is 26.8. The number of esters is 1. The van der Waals surface area contributed by atoms with Crippen LogP contribution in [0, 0.1) is 5.92 Å². The minimum atomic E-state index is -0.392. The molecule has 126 valence electrons. The predicted molar refractivity (Wildman–Crippen MR) is 84.9 cm³/mol. The Labute approximate surface area is 136 Å². The number of nitrogens with zero attached hydrogens (tertiary/aromatic N) is 3. The molecule has 0 radical (unpaired) electrons. The van der Waals surface area contributed by atoms with Gasteiger partial charge in [-0.2, -0.15) is 5.10 Å². The molecule has 6 heteroatoms. The van der Waals surface area contributed by atoms with Gasteiger partial charge in [-0.15, -0.1) is 0 Å². The topological polar surface area (TPSA) is 64.4 Å². The van der Waals surface area contributed by atoms with Crippen LogP contribution in [0.25, 0.3) is 0 Å². The molecule has 0 N–H and O–H groups in total. The van der Waals surface area contributed by atoms with Crippen LogP contribution < -0.4 is 0 Å². The number of aryl methyl sites for hydroxylation is 1. The third-order valence-corrected chi connectivity index (χ3v) is 4.98. The molecule has 0 saturated heterocycles. The Morgan fingerprint density at radius 3 is 2.70 bits per heavy atom. The second kappa shape index (κ2) is 6.72. The third kappa shape index (κ3) is 3.12. The smallest absolute Gasteiger partial charge is 0.359 e. The highest BCUT2D eigenvalue weighted by atomic mass is 16.5. The monoisotopic (exact) mass is 319 g/mol. The summed E-state index contributed by atoms with van der Waals surface area (Å²) < 4.78 is 6.86. The van der Waals surface area contributed by atoms with Crippen LogP contribution in [0.1, 0.15) is 60.8 Å². The molecule has 23 heavy (non-hydrogen) atoms. The van der Waals surface area contributed by atoms with Crippen LogP contribution in [0.15, 0.2) is 0 Å². The Kier molecular flexibility index (Phi) is 4.68. The molecular weight excluding hydrogens is 294 g/mol. The molecule has 6 nitrogen and oxygen atoms in total. The lowest BCUT2D eigenvalue weighted by Crippen LogP contribution is -2.40. The molecule has 1 aliphatic carbocycles. The van der Waals surface area contributed by atoms with Crippen LogP contribution in [0.4, 0.5) is 0 Å². The van der Waals surface area contributed by atoms with Gasteiger partial charge < -0.3 is 9.64 Å². The van der Waals surface area contributed by atoms with E-state index in [0.717, 1.165) is 43.4 Å². The quantitative estimate of drug-likeness (QED) is 0.800. The average Bonchev–Trinajstić information content (AvgIpc) is 2.92. The lowest BCUT2D eigenvalue weighted by Gasteiger charge is -2.32. The van der Waals surface area contributed by atoms with Crippen molar-refractivity contribution in [1.82, 2.24) is 14.7 Å². The highest BCUT2D eigenvalue weighted by molar-refractivity contribution is 5.89. The van der Waals surface area contributed by atoms with Crippen LogP contribution in [-0.4, -0.2) is 39.7 Å². The van der Waals surface area contributed by atoms with E-state index < -0.39 is 5.97 Å². The number of fused-ring (bicyclic) bond motifs is 1. The maximum absolute atomic E-state index is 12.8. The number of aromatic nitrogens is 2. The van der Waals surface area contributed by atoms with Gasteiger partial charge in [0.2, 0.25) is 5.91 Å². The molecule has 1 aromatic heterocycles. The molecule has 1 saturated carbocycles. The molecule has 0 bridgehead atoms. The van der Waals surface area contributed by atoms with Gasteiger partial charge in [0.25, 0.3) is 0 Å². The summed E-state index contributed by atoms with van der Waals surface area (Å²) in [6.07, 6.45) is 6.28. The number of rotatable bonds is 3. The lowest BCUT2D eigenvalue weighted by atomic mass is 9.87. The summed E-state index contributed by atoms with van der Waals surface area (Å²) in [6.45, 7) is 3.30. The fourth-order valence-corrected chi connectivity index (χ4v) is 3.75. The first-order chi connectivity index (χ1) is 11.1. The van der Waals surface area contributed by atoms with E-state index in [1.54, 1.807) is 11.6 Å². The van der Waals surface area contributed by atoms with Crippen molar-refractivity contribution in [2.75, 3.05) is 13.2 Å². The van der Waals surface area contributed by atoms with Gasteiger partial charge in [-0.05, 0) is 19.8 Å². The maximum Gasteiger partial charge on any atom is 0.359 e. The molecule has 1 aliphatic heterocycles. The number of amides is 1. The van der Waals surface area contributed by atoms with Crippen molar-refractivity contribution in [2.24, 2.45) is 13.0 Å². The minimum Gasteiger partial charge on any atom is -0.461 e. The molecule has 1 fully saturated rings. The Hall–Kier alpha value is -1.85. The highest BCUT2D eigenvalue weighted by Crippen LogP contribution is 2.29. The van der Waals surface area contributed by atoms with Crippen LogP contribution in [0.3, 0.4) is 0 Å². The summed E-state index contributed by atoms with van der Waals surface area (Å²) in [6, 6.07) is 0. The van der Waals surface area contributed by atoms with Crippen molar-refractivity contribution in [3.63, 3.8) is 0 Å². The van der Waals surface area contributed by atoms with E-state index >= 15 is 0 Å². The number of carbonyl (C=O) groups excluding carboxylic acids is 2. The van der Waals surface area contributed by atoms with Crippen LogP contribution in [0.2, 0.25) is 0 Å². The molecule has 0 spiro atoms. The largest absolute Gasteiger partial charge is 0.461 e. The van der Waals surface area contributed by atoms with E-state index in [1.165, 1.54) is 6.42 Å². The zero-order valence-electron chi connectivity index (χ0n) is 14.0. The lowest BCUT2D eigenvalue weighted by molar-refractivity contribution is -0.137. The first kappa shape index (κ1) is 16.0. The first-order valence-corrected chi connectivity index (χ1v) is 8.62. The van der Waals surface area contributed by atoms with Gasteiger partial charge in [0.1, 0.15) is 0 Å². The standard InChI is InChI=1S/C17H25N3O3/c1-3-23-17(22)15-13-11-20(10-9-14(13)19(2)18-15)16(21)12-7-5-4-6-8-12/h12H,3-11H2,1-2H3. The summed E-state index contributed by atoms with van der Waals surface area (Å²) in [5.41, 5.74) is 2.27. The van der Waals surface area contributed by atoms with Crippen molar-refractivity contribution < 1.29 is 14.3 Å². The van der Waals surface area contributed by atoms with Gasteiger partial charge in [0.05, 0.1) is 6.61 Å². The van der Waals surface area contributed by atoms with E-state index in [9.17, 15) is 9.59 Å². The predicted octanol–water partition coefficient (Wildman–Crippen LogP) is 2.06. The normalized spacial score (nSPS) is 18.6. The van der Waals surface area contributed by atoms with E-state index in [1.807, 2.05) is 11.9 Å². The molecule has 3 rings (SSSR count). The Balaban J connectivity index is 1.79. The number of carbonyl (C=O) groups is 2. The summed E-state index contributed by atoms with van der Waals surface area (Å²) in [5, 5.41) is 4.32. The molecule has 2 aliphatic rings. The zero-order chi connectivity index (χ0) is 16.4. The second-order valence-corrected chi connectivity index (χ2v) is 6.46. The summed E-state index contributed by atoms with van der Waals surface area (Å²) in [7, 11) is 1.85. The number of ether oxygens (including phenoxy) is 1. The number of hydrogen-bond acceptors (Lipinski definition) is 4. The van der Waals surface area contributed by atoms with Crippen molar-refractivity contribution in [3.05, 3.63) is 17.0 Å². The van der Waals surface area contributed by atoms with E-state index in [-0.39, 0.29) is 11.8 Å². The molecular formula is C17H25N3O3. The molecule has 1 amide bonds. The second-order valence-electron chi connectivity index (χ2n) is 6.46. The van der Waals surface area contributed by atoms with Gasteiger partial charge in [-0.1, -0.05) is 19.3 Å². The zero-order valence-corrected chi connectivity index (χ0v) is 14.0. The van der Waals surface area contributed by atoms with E-state index in [2.05, 4.69) is 5.10 Å². The Morgan fingerprint density at radius 2 is 2.00 bits per heavy atom. The molecule has 0 unspecified atom stereocenters.